The van der Waals surface area contributed by atoms with Crippen molar-refractivity contribution in [2.45, 2.75) is 6.54 Å². The van der Waals surface area contributed by atoms with E-state index < -0.39 is 16.6 Å². The number of para-hydroxylation sites is 1. The van der Waals surface area contributed by atoms with Gasteiger partial charge >= 0.3 is 5.91 Å². The van der Waals surface area contributed by atoms with Crippen molar-refractivity contribution in [1.29, 1.82) is 0 Å². The van der Waals surface area contributed by atoms with Crippen LogP contribution in [0.1, 0.15) is 15.9 Å². The fraction of sp³-hybridized carbons (Fsp3) is 0.0455. The lowest BCUT2D eigenvalue weighted by atomic mass is 10.1. The van der Waals surface area contributed by atoms with Crippen molar-refractivity contribution in [3.8, 4) is 5.75 Å². The van der Waals surface area contributed by atoms with Gasteiger partial charge < -0.3 is 14.9 Å². The van der Waals surface area contributed by atoms with Crippen LogP contribution < -0.4 is 5.36 Å². The molecule has 0 bridgehead atoms. The number of pyridine rings is 1. The summed E-state index contributed by atoms with van der Waals surface area (Å²) in [4.78, 5) is 40.3. The normalized spacial score (nSPS) is 10.9. The first kappa shape index (κ1) is 24.3. The zero-order valence-electron chi connectivity index (χ0n) is 17.4. The van der Waals surface area contributed by atoms with E-state index >= 15 is 0 Å². The number of nitrogens with zero attached hydrogens (tertiary/aromatic N) is 4. The number of nitro benzene ring substituents is 1. The van der Waals surface area contributed by atoms with Gasteiger partial charge in [-0.05, 0) is 18.2 Å². The number of halogens is 3. The molecule has 13 heteroatoms. The number of carbonyl (C=O) groups excluding carboxylic acids is 2. The lowest BCUT2D eigenvalue weighted by Crippen LogP contribution is -2.18. The van der Waals surface area contributed by atoms with E-state index in [2.05, 4.69) is 4.99 Å². The molecule has 0 aliphatic heterocycles. The first-order valence-corrected chi connectivity index (χ1v) is 10.8. The van der Waals surface area contributed by atoms with Gasteiger partial charge in [0.2, 0.25) is 0 Å². The van der Waals surface area contributed by atoms with Crippen LogP contribution in [-0.4, -0.2) is 36.2 Å². The number of amides is 1. The number of phenolic OH excluding ortho intramolecular Hbond substituents is 1. The number of rotatable bonds is 5. The Balaban J connectivity index is 1.82. The highest BCUT2D eigenvalue weighted by atomic mass is 35.5. The molecular formula is C22H13Cl3N4O6. The zero-order chi connectivity index (χ0) is 25.4. The smallest absolute Gasteiger partial charge is 0.318 e. The van der Waals surface area contributed by atoms with Gasteiger partial charge in [-0.2, -0.15) is 4.73 Å². The van der Waals surface area contributed by atoms with Crippen LogP contribution in [0.25, 0.3) is 10.9 Å². The number of hydrogen-bond acceptors (Lipinski definition) is 6. The van der Waals surface area contributed by atoms with Crippen molar-refractivity contribution in [2.24, 2.45) is 4.99 Å². The number of fused-ring (bicyclic) bond motifs is 1. The summed E-state index contributed by atoms with van der Waals surface area (Å²) in [5.41, 5.74) is 0.101. The predicted octanol–water partition coefficient (Wildman–Crippen LogP) is 4.61. The largest absolute Gasteiger partial charge is 0.506 e. The summed E-state index contributed by atoms with van der Waals surface area (Å²) in [6.45, 7) is -0.104. The van der Waals surface area contributed by atoms with Crippen LogP contribution >= 0.6 is 34.8 Å². The second-order valence-electron chi connectivity index (χ2n) is 7.30. The van der Waals surface area contributed by atoms with Gasteiger partial charge in [0, 0.05) is 28.2 Å². The molecule has 0 unspecified atom stereocenters. The Hall–Kier alpha value is -3.86. The molecule has 4 rings (SSSR count). The molecule has 2 heterocycles. The number of nitro groups is 1. The lowest BCUT2D eigenvalue weighted by molar-refractivity contribution is -0.385. The molecule has 4 aromatic rings. The van der Waals surface area contributed by atoms with Gasteiger partial charge in [-0.15, -0.1) is 0 Å². The minimum atomic E-state index is -1.20. The van der Waals surface area contributed by atoms with Crippen molar-refractivity contribution in [3.63, 3.8) is 0 Å². The minimum Gasteiger partial charge on any atom is -0.506 e. The van der Waals surface area contributed by atoms with Crippen LogP contribution in [0.4, 0.5) is 5.69 Å². The number of aromatic nitrogens is 2. The standard InChI is InChI=1S/C22H13Cl3N4O6/c23-12-5-4-11(17(6-12)29(34)35)7-27-8-14(13-2-1-3-18(30)20(13)27)21(31)22(32)26-19-15(24)9-28(33)10-16(19)25/h1-6,8-10,30,33H,7H2. The second-order valence-corrected chi connectivity index (χ2v) is 8.55. The highest BCUT2D eigenvalue weighted by molar-refractivity contribution is 6.45. The van der Waals surface area contributed by atoms with Gasteiger partial charge in [0.25, 0.3) is 11.5 Å². The molecule has 0 saturated heterocycles. The van der Waals surface area contributed by atoms with E-state index in [0.717, 1.165) is 12.4 Å². The summed E-state index contributed by atoms with van der Waals surface area (Å²) in [6.07, 6.45) is 3.37. The molecule has 0 atom stereocenters. The highest BCUT2D eigenvalue weighted by Crippen LogP contribution is 2.32. The maximum atomic E-state index is 13.0. The van der Waals surface area contributed by atoms with Crippen molar-refractivity contribution < 1.29 is 24.8 Å². The Morgan fingerprint density at radius 2 is 1.74 bits per heavy atom. The third-order valence-corrected chi connectivity index (χ3v) is 5.85. The summed E-state index contributed by atoms with van der Waals surface area (Å²) in [5.74, 6) is -2.44. The molecule has 0 saturated carbocycles. The molecule has 0 radical (unpaired) electrons. The number of Topliss-reactive ketones (excluding diaryl/α,β-unsaturated/α-hetero) is 1. The Bertz CT molecular complexity index is 1580. The predicted molar refractivity (Wildman–Crippen MR) is 127 cm³/mol. The molecule has 35 heavy (non-hydrogen) atoms. The number of phenols is 1. The fourth-order valence-electron chi connectivity index (χ4n) is 3.55. The molecule has 2 N–H and O–H groups in total. The van der Waals surface area contributed by atoms with Crippen LogP contribution in [0.5, 0.6) is 5.75 Å². The zero-order valence-corrected chi connectivity index (χ0v) is 19.6. The summed E-state index contributed by atoms with van der Waals surface area (Å²) in [6, 6.07) is 8.51. The SMILES string of the molecule is O=C(N=c1c(Cl)cn(O)cc1Cl)C(=O)c1cn(Cc2ccc(Cl)cc2[N+](=O)[O-])c2c(O)cccc12. The Morgan fingerprint density at radius 3 is 2.40 bits per heavy atom. The summed E-state index contributed by atoms with van der Waals surface area (Å²) in [7, 11) is 0. The van der Waals surface area contributed by atoms with E-state index in [1.807, 2.05) is 0 Å². The van der Waals surface area contributed by atoms with E-state index in [-0.39, 0.29) is 60.4 Å². The van der Waals surface area contributed by atoms with Crippen LogP contribution in [0.15, 0.2) is 60.0 Å². The fourth-order valence-corrected chi connectivity index (χ4v) is 4.25. The van der Waals surface area contributed by atoms with Gasteiger partial charge in [-0.1, -0.05) is 46.9 Å². The molecule has 2 aromatic carbocycles. The molecule has 1 amide bonds. The Labute approximate surface area is 210 Å². The van der Waals surface area contributed by atoms with Crippen LogP contribution in [0.3, 0.4) is 0 Å². The lowest BCUT2D eigenvalue weighted by Gasteiger charge is -2.08. The molecule has 0 aliphatic rings. The van der Waals surface area contributed by atoms with Crippen molar-refractivity contribution in [3.05, 3.63) is 96.7 Å². The van der Waals surface area contributed by atoms with Gasteiger partial charge in [0.05, 0.1) is 45.0 Å². The average molecular weight is 536 g/mol. The number of benzene rings is 2. The van der Waals surface area contributed by atoms with Gasteiger partial charge in [-0.3, -0.25) is 19.7 Å². The van der Waals surface area contributed by atoms with Crippen molar-refractivity contribution in [2.75, 3.05) is 0 Å². The number of ketones is 1. The second kappa shape index (κ2) is 9.41. The third-order valence-electron chi connectivity index (χ3n) is 5.06. The molecule has 0 aliphatic carbocycles. The molecule has 178 valence electrons. The topological polar surface area (TPSA) is 140 Å². The van der Waals surface area contributed by atoms with Gasteiger partial charge in [0.1, 0.15) is 11.1 Å². The molecular weight excluding hydrogens is 523 g/mol. The third kappa shape index (κ3) is 4.72. The molecule has 2 aromatic heterocycles. The Kier molecular flexibility index (Phi) is 6.53. The van der Waals surface area contributed by atoms with E-state index in [9.17, 15) is 30.0 Å². The van der Waals surface area contributed by atoms with Crippen molar-refractivity contribution in [1.82, 2.24) is 9.30 Å². The first-order valence-electron chi connectivity index (χ1n) is 9.70. The molecule has 0 spiro atoms. The maximum Gasteiger partial charge on any atom is 0.318 e. The molecule has 0 fully saturated rings. The first-order chi connectivity index (χ1) is 16.6. The maximum absolute atomic E-state index is 13.0. The van der Waals surface area contributed by atoms with Crippen molar-refractivity contribution >= 4 is 63.1 Å². The van der Waals surface area contributed by atoms with Crippen LogP contribution in [0.2, 0.25) is 15.1 Å². The number of aromatic hydroxyl groups is 1. The van der Waals surface area contributed by atoms with E-state index in [4.69, 9.17) is 34.8 Å². The van der Waals surface area contributed by atoms with Gasteiger partial charge in [-0.25, -0.2) is 4.99 Å². The summed E-state index contributed by atoms with van der Waals surface area (Å²) >= 11 is 17.8. The molecule has 10 nitrogen and oxygen atoms in total. The van der Waals surface area contributed by atoms with E-state index in [1.54, 1.807) is 0 Å². The monoisotopic (exact) mass is 534 g/mol. The number of carbonyl (C=O) groups is 2. The van der Waals surface area contributed by atoms with Crippen LogP contribution in [-0.2, 0) is 11.3 Å². The summed E-state index contributed by atoms with van der Waals surface area (Å²) in [5, 5.41) is 31.3. The quantitative estimate of drug-likeness (QED) is 0.126. The van der Waals surface area contributed by atoms with Gasteiger partial charge in [0.15, 0.2) is 0 Å². The Morgan fingerprint density at radius 1 is 1.06 bits per heavy atom. The highest BCUT2D eigenvalue weighted by Gasteiger charge is 2.24. The van der Waals surface area contributed by atoms with E-state index in [0.29, 0.717) is 4.73 Å². The summed E-state index contributed by atoms with van der Waals surface area (Å²) < 4.78 is 1.99. The number of hydrogen-bond donors (Lipinski definition) is 2. The van der Waals surface area contributed by atoms with Crippen LogP contribution in [0, 0.1) is 10.1 Å². The minimum absolute atomic E-state index is 0.0957. The van der Waals surface area contributed by atoms with E-state index in [1.165, 1.54) is 47.2 Å². The average Bonchev–Trinajstić information content (AvgIpc) is 3.16.